The molecule has 1 aliphatic heterocycles. The van der Waals surface area contributed by atoms with Crippen LogP contribution in [0.15, 0.2) is 60.8 Å². The molecule has 2 aromatic carbocycles. The summed E-state index contributed by atoms with van der Waals surface area (Å²) in [6.45, 7) is 1.19. The van der Waals surface area contributed by atoms with Crippen LogP contribution >= 0.6 is 0 Å². The zero-order chi connectivity index (χ0) is 16.5. The van der Waals surface area contributed by atoms with Crippen molar-refractivity contribution >= 4 is 22.4 Å². The van der Waals surface area contributed by atoms with Gasteiger partial charge in [0, 0.05) is 41.3 Å². The van der Waals surface area contributed by atoms with Crippen molar-refractivity contribution in [3.05, 3.63) is 77.7 Å². The van der Waals surface area contributed by atoms with Gasteiger partial charge in [0.25, 0.3) is 5.91 Å². The van der Waals surface area contributed by atoms with Crippen LogP contribution < -0.4 is 0 Å². The largest absolute Gasteiger partial charge is 0.361 e. The lowest BCUT2D eigenvalue weighted by atomic mass is 9.98. The van der Waals surface area contributed by atoms with Crippen LogP contribution in [0.25, 0.3) is 16.5 Å². The second-order valence-electron chi connectivity index (χ2n) is 5.99. The fraction of sp³-hybridized carbons (Fsp3) is 0.150. The molecule has 0 unspecified atom stereocenters. The van der Waals surface area contributed by atoms with E-state index in [-0.39, 0.29) is 11.7 Å². The third-order valence-corrected chi connectivity index (χ3v) is 4.50. The molecular formula is C20H17FN2O. The lowest BCUT2D eigenvalue weighted by molar-refractivity contribution is 0.0772. The summed E-state index contributed by atoms with van der Waals surface area (Å²) < 4.78 is 13.3. The molecule has 2 heterocycles. The van der Waals surface area contributed by atoms with E-state index in [4.69, 9.17) is 0 Å². The van der Waals surface area contributed by atoms with Gasteiger partial charge in [-0.3, -0.25) is 4.79 Å². The van der Waals surface area contributed by atoms with E-state index < -0.39 is 0 Å². The van der Waals surface area contributed by atoms with Crippen molar-refractivity contribution in [2.24, 2.45) is 0 Å². The molecule has 1 aromatic heterocycles. The molecular weight excluding hydrogens is 303 g/mol. The molecule has 0 aliphatic carbocycles. The van der Waals surface area contributed by atoms with E-state index in [0.29, 0.717) is 18.7 Å². The van der Waals surface area contributed by atoms with Crippen molar-refractivity contribution in [2.75, 3.05) is 13.1 Å². The number of hydrogen-bond donors (Lipinski definition) is 1. The van der Waals surface area contributed by atoms with Gasteiger partial charge in [0.2, 0.25) is 0 Å². The minimum Gasteiger partial charge on any atom is -0.361 e. The summed E-state index contributed by atoms with van der Waals surface area (Å²) in [7, 11) is 0. The number of nitrogens with zero attached hydrogens (tertiary/aromatic N) is 1. The fourth-order valence-corrected chi connectivity index (χ4v) is 3.24. The predicted molar refractivity (Wildman–Crippen MR) is 93.2 cm³/mol. The van der Waals surface area contributed by atoms with Gasteiger partial charge < -0.3 is 9.88 Å². The van der Waals surface area contributed by atoms with Crippen LogP contribution in [0.5, 0.6) is 0 Å². The molecule has 0 radical (unpaired) electrons. The second kappa shape index (κ2) is 5.96. The molecule has 0 fully saturated rings. The minimum absolute atomic E-state index is 0.122. The summed E-state index contributed by atoms with van der Waals surface area (Å²) in [5, 5.41) is 1.20. The number of carbonyl (C=O) groups is 1. The number of H-pyrrole nitrogens is 1. The van der Waals surface area contributed by atoms with E-state index in [1.165, 1.54) is 28.7 Å². The number of fused-ring (bicyclic) bond motifs is 1. The summed E-state index contributed by atoms with van der Waals surface area (Å²) in [5.41, 5.74) is 3.96. The topological polar surface area (TPSA) is 36.1 Å². The van der Waals surface area contributed by atoms with Gasteiger partial charge in [-0.15, -0.1) is 0 Å². The van der Waals surface area contributed by atoms with E-state index >= 15 is 0 Å². The van der Waals surface area contributed by atoms with Crippen LogP contribution in [0.1, 0.15) is 22.3 Å². The molecule has 120 valence electrons. The maximum Gasteiger partial charge on any atom is 0.254 e. The average Bonchev–Trinajstić information content (AvgIpc) is 3.05. The van der Waals surface area contributed by atoms with Crippen LogP contribution in [0.2, 0.25) is 0 Å². The number of hydrogen-bond acceptors (Lipinski definition) is 1. The molecule has 1 aliphatic rings. The van der Waals surface area contributed by atoms with Crippen molar-refractivity contribution in [3.63, 3.8) is 0 Å². The zero-order valence-electron chi connectivity index (χ0n) is 13.1. The lowest BCUT2D eigenvalue weighted by Gasteiger charge is -2.26. The highest BCUT2D eigenvalue weighted by molar-refractivity contribution is 5.96. The SMILES string of the molecule is O=C(c1cccc(F)c1)N1CC=C(c2c[nH]c3ccccc23)CC1. The van der Waals surface area contributed by atoms with Crippen LogP contribution in [-0.2, 0) is 0 Å². The van der Waals surface area contributed by atoms with Gasteiger partial charge in [0.1, 0.15) is 5.82 Å². The van der Waals surface area contributed by atoms with E-state index in [2.05, 4.69) is 23.2 Å². The molecule has 24 heavy (non-hydrogen) atoms. The molecule has 0 spiro atoms. The molecule has 1 amide bonds. The molecule has 0 atom stereocenters. The quantitative estimate of drug-likeness (QED) is 0.753. The Bertz CT molecular complexity index is 941. The lowest BCUT2D eigenvalue weighted by Crippen LogP contribution is -2.34. The number of aromatic nitrogens is 1. The molecule has 0 saturated heterocycles. The van der Waals surface area contributed by atoms with Crippen LogP contribution in [0.4, 0.5) is 4.39 Å². The van der Waals surface area contributed by atoms with Gasteiger partial charge in [0.15, 0.2) is 0 Å². The number of nitrogens with one attached hydrogen (secondary N) is 1. The highest BCUT2D eigenvalue weighted by Crippen LogP contribution is 2.29. The van der Waals surface area contributed by atoms with Crippen molar-refractivity contribution in [3.8, 4) is 0 Å². The Morgan fingerprint density at radius 2 is 2.00 bits per heavy atom. The molecule has 4 heteroatoms. The van der Waals surface area contributed by atoms with Crippen molar-refractivity contribution < 1.29 is 9.18 Å². The first kappa shape index (κ1) is 14.7. The summed E-state index contributed by atoms with van der Waals surface area (Å²) in [4.78, 5) is 17.5. The average molecular weight is 320 g/mol. The first-order valence-corrected chi connectivity index (χ1v) is 8.03. The van der Waals surface area contributed by atoms with E-state index in [1.54, 1.807) is 17.0 Å². The Balaban J connectivity index is 1.56. The number of para-hydroxylation sites is 1. The van der Waals surface area contributed by atoms with Crippen molar-refractivity contribution in [1.82, 2.24) is 9.88 Å². The molecule has 0 saturated carbocycles. The maximum absolute atomic E-state index is 13.3. The Kier molecular flexibility index (Phi) is 3.65. The first-order valence-electron chi connectivity index (χ1n) is 8.03. The number of halogens is 1. The third-order valence-electron chi connectivity index (χ3n) is 4.50. The highest BCUT2D eigenvalue weighted by atomic mass is 19.1. The Labute approximate surface area is 139 Å². The smallest absolute Gasteiger partial charge is 0.254 e. The molecule has 4 rings (SSSR count). The van der Waals surface area contributed by atoms with E-state index in [0.717, 1.165) is 11.9 Å². The third kappa shape index (κ3) is 2.60. The van der Waals surface area contributed by atoms with Crippen molar-refractivity contribution in [2.45, 2.75) is 6.42 Å². The van der Waals surface area contributed by atoms with Crippen LogP contribution in [0.3, 0.4) is 0 Å². The molecule has 3 nitrogen and oxygen atoms in total. The zero-order valence-corrected chi connectivity index (χ0v) is 13.1. The van der Waals surface area contributed by atoms with Gasteiger partial charge in [-0.05, 0) is 36.3 Å². The van der Waals surface area contributed by atoms with E-state index in [9.17, 15) is 9.18 Å². The Hall–Kier alpha value is -2.88. The Morgan fingerprint density at radius 1 is 1.12 bits per heavy atom. The molecule has 3 aromatic rings. The van der Waals surface area contributed by atoms with Gasteiger partial charge in [0.05, 0.1) is 0 Å². The number of aromatic amines is 1. The van der Waals surface area contributed by atoms with Crippen LogP contribution in [-0.4, -0.2) is 28.9 Å². The second-order valence-corrected chi connectivity index (χ2v) is 5.99. The summed E-state index contributed by atoms with van der Waals surface area (Å²) >= 11 is 0. The number of amides is 1. The minimum atomic E-state index is -0.382. The summed E-state index contributed by atoms with van der Waals surface area (Å²) in [6, 6.07) is 14.1. The summed E-state index contributed by atoms with van der Waals surface area (Å²) in [5.74, 6) is -0.503. The standard InChI is InChI=1S/C20H17FN2O/c21-16-5-3-4-15(12-16)20(24)23-10-8-14(9-11-23)18-13-22-19-7-2-1-6-17(18)19/h1-8,12-13,22H,9-11H2. The first-order chi connectivity index (χ1) is 11.7. The Morgan fingerprint density at radius 3 is 2.79 bits per heavy atom. The van der Waals surface area contributed by atoms with Crippen molar-refractivity contribution in [1.29, 1.82) is 0 Å². The van der Waals surface area contributed by atoms with Gasteiger partial charge in [-0.2, -0.15) is 0 Å². The number of rotatable bonds is 2. The number of benzene rings is 2. The number of carbonyl (C=O) groups excluding carboxylic acids is 1. The molecule has 1 N–H and O–H groups in total. The molecule has 0 bridgehead atoms. The van der Waals surface area contributed by atoms with Gasteiger partial charge in [-0.1, -0.05) is 30.3 Å². The fourth-order valence-electron chi connectivity index (χ4n) is 3.24. The van der Waals surface area contributed by atoms with Gasteiger partial charge >= 0.3 is 0 Å². The van der Waals surface area contributed by atoms with Crippen LogP contribution in [0, 0.1) is 5.82 Å². The monoisotopic (exact) mass is 320 g/mol. The van der Waals surface area contributed by atoms with Gasteiger partial charge in [-0.25, -0.2) is 4.39 Å². The van der Waals surface area contributed by atoms with E-state index in [1.807, 2.05) is 18.3 Å². The predicted octanol–water partition coefficient (Wildman–Crippen LogP) is 4.24. The highest BCUT2D eigenvalue weighted by Gasteiger charge is 2.20. The maximum atomic E-state index is 13.3. The normalized spacial score (nSPS) is 14.7. The summed E-state index contributed by atoms with van der Waals surface area (Å²) in [6.07, 6.45) is 4.92.